The number of rotatable bonds is 11. The maximum absolute atomic E-state index is 13.1. The second kappa shape index (κ2) is 13.1. The fourth-order valence-electron chi connectivity index (χ4n) is 3.20. The standard InChI is InChI=1S/C23H20ClF6N5O4S2/c24-17-10-13(22(25,26)27)11-32-20(17)31-9-3-6-18(36)34-35-41(38,39)19-8-7-14(40-19)12-33-21(37)15-4-1-2-5-16(15)23(28,29)30/h1-2,4-5,7-8,10-11,35H,3,6,9,12H2,(H,31,32)(H,33,37)(H,34,36). The largest absolute Gasteiger partial charge is 0.417 e. The minimum Gasteiger partial charge on any atom is -0.369 e. The van der Waals surface area contributed by atoms with E-state index in [4.69, 9.17) is 11.6 Å². The van der Waals surface area contributed by atoms with Crippen molar-refractivity contribution in [2.45, 2.75) is 35.9 Å². The lowest BCUT2D eigenvalue weighted by Gasteiger charge is -2.12. The Hall–Kier alpha value is -3.41. The molecule has 9 nitrogen and oxygen atoms in total. The summed E-state index contributed by atoms with van der Waals surface area (Å²) >= 11 is 6.50. The number of halogens is 7. The summed E-state index contributed by atoms with van der Waals surface area (Å²) in [5, 5.41) is 4.72. The van der Waals surface area contributed by atoms with E-state index < -0.39 is 50.9 Å². The molecule has 0 aliphatic carbocycles. The topological polar surface area (TPSA) is 129 Å². The van der Waals surface area contributed by atoms with Crippen molar-refractivity contribution >= 4 is 50.6 Å². The zero-order chi connectivity index (χ0) is 30.4. The van der Waals surface area contributed by atoms with Gasteiger partial charge in [-0.15, -0.1) is 16.2 Å². The van der Waals surface area contributed by atoms with Gasteiger partial charge in [-0.05, 0) is 36.8 Å². The van der Waals surface area contributed by atoms with Gasteiger partial charge in [0, 0.05) is 24.0 Å². The van der Waals surface area contributed by atoms with Gasteiger partial charge < -0.3 is 10.6 Å². The van der Waals surface area contributed by atoms with E-state index in [-0.39, 0.29) is 41.0 Å². The molecule has 0 unspecified atom stereocenters. The highest BCUT2D eigenvalue weighted by Gasteiger charge is 2.35. The van der Waals surface area contributed by atoms with Crippen molar-refractivity contribution in [3.05, 3.63) is 75.3 Å². The predicted octanol–water partition coefficient (Wildman–Crippen LogP) is 4.97. The Morgan fingerprint density at radius 2 is 1.71 bits per heavy atom. The fourth-order valence-corrected chi connectivity index (χ4v) is 5.59. The van der Waals surface area contributed by atoms with Crippen molar-refractivity contribution in [2.24, 2.45) is 0 Å². The van der Waals surface area contributed by atoms with E-state index >= 15 is 0 Å². The van der Waals surface area contributed by atoms with E-state index in [0.29, 0.717) is 17.1 Å². The van der Waals surface area contributed by atoms with E-state index in [2.05, 4.69) is 15.6 Å². The van der Waals surface area contributed by atoms with Gasteiger partial charge in [0.15, 0.2) is 0 Å². The molecule has 0 radical (unpaired) electrons. The summed E-state index contributed by atoms with van der Waals surface area (Å²) in [6.45, 7) is -0.159. The molecule has 0 atom stereocenters. The lowest BCUT2D eigenvalue weighted by molar-refractivity contribution is -0.138. The number of sulfonamides is 1. The van der Waals surface area contributed by atoms with Crippen molar-refractivity contribution < 1.29 is 44.3 Å². The molecule has 0 saturated heterocycles. The molecular weight excluding hydrogens is 624 g/mol. The van der Waals surface area contributed by atoms with Crippen molar-refractivity contribution in [1.82, 2.24) is 20.6 Å². The van der Waals surface area contributed by atoms with Crippen LogP contribution in [0.15, 0.2) is 52.9 Å². The molecule has 18 heteroatoms. The van der Waals surface area contributed by atoms with E-state index in [1.807, 2.05) is 10.3 Å². The minimum atomic E-state index is -4.73. The van der Waals surface area contributed by atoms with Crippen LogP contribution in [0.2, 0.25) is 5.02 Å². The van der Waals surface area contributed by atoms with Crippen LogP contribution in [-0.2, 0) is 33.7 Å². The summed E-state index contributed by atoms with van der Waals surface area (Å²) in [6, 6.07) is 7.46. The number of aromatic nitrogens is 1. The average molecular weight is 644 g/mol. The summed E-state index contributed by atoms with van der Waals surface area (Å²) in [7, 11) is -4.21. The van der Waals surface area contributed by atoms with E-state index in [0.717, 1.165) is 29.5 Å². The van der Waals surface area contributed by atoms with Crippen LogP contribution in [0.3, 0.4) is 0 Å². The van der Waals surface area contributed by atoms with Gasteiger partial charge in [-0.1, -0.05) is 23.7 Å². The third kappa shape index (κ3) is 9.04. The Balaban J connectivity index is 1.45. The summed E-state index contributed by atoms with van der Waals surface area (Å²) in [6.07, 6.45) is -8.76. The zero-order valence-corrected chi connectivity index (χ0v) is 22.9. The molecule has 0 aliphatic rings. The molecule has 0 aliphatic heterocycles. The maximum Gasteiger partial charge on any atom is 0.417 e. The number of alkyl halides is 6. The Kier molecular flexibility index (Phi) is 10.2. The number of pyridine rings is 1. The van der Waals surface area contributed by atoms with Gasteiger partial charge in [0.1, 0.15) is 10.0 Å². The first kappa shape index (κ1) is 32.1. The molecule has 222 valence electrons. The molecule has 1 aromatic carbocycles. The molecule has 0 fully saturated rings. The fraction of sp³-hybridized carbons (Fsp3) is 0.261. The van der Waals surface area contributed by atoms with Gasteiger partial charge in [0.2, 0.25) is 5.91 Å². The number of amides is 2. The molecule has 4 N–H and O–H groups in total. The Labute approximate surface area is 238 Å². The SMILES string of the molecule is O=C(CCCNc1ncc(C(F)(F)F)cc1Cl)NNS(=O)(=O)c1ccc(CNC(=O)c2ccccc2C(F)(F)F)s1. The number of anilines is 1. The van der Waals surface area contributed by atoms with Crippen LogP contribution in [0.25, 0.3) is 0 Å². The second-order valence-corrected chi connectivity index (χ2v) is 11.7. The third-order valence-electron chi connectivity index (χ3n) is 5.17. The van der Waals surface area contributed by atoms with Crippen LogP contribution in [-0.4, -0.2) is 31.8 Å². The summed E-state index contributed by atoms with van der Waals surface area (Å²) < 4.78 is 102. The first-order valence-electron chi connectivity index (χ1n) is 11.4. The van der Waals surface area contributed by atoms with Crippen LogP contribution >= 0.6 is 22.9 Å². The van der Waals surface area contributed by atoms with Gasteiger partial charge in [-0.25, -0.2) is 13.4 Å². The number of carbonyl (C=O) groups is 2. The zero-order valence-electron chi connectivity index (χ0n) is 20.5. The number of benzene rings is 1. The lowest BCUT2D eigenvalue weighted by Crippen LogP contribution is -2.41. The number of nitrogens with one attached hydrogen (secondary N) is 4. The number of carbonyl (C=O) groups excluding carboxylic acids is 2. The van der Waals surface area contributed by atoms with Crippen LogP contribution in [0.1, 0.15) is 39.2 Å². The highest BCUT2D eigenvalue weighted by atomic mass is 35.5. The van der Waals surface area contributed by atoms with Crippen LogP contribution in [0.4, 0.5) is 32.2 Å². The highest BCUT2D eigenvalue weighted by molar-refractivity contribution is 7.91. The van der Waals surface area contributed by atoms with E-state index in [1.165, 1.54) is 18.2 Å². The quantitative estimate of drug-likeness (QED) is 0.133. The summed E-state index contributed by atoms with van der Waals surface area (Å²) in [5.41, 5.74) is -0.693. The molecule has 0 spiro atoms. The van der Waals surface area contributed by atoms with Gasteiger partial charge in [-0.3, -0.25) is 15.0 Å². The van der Waals surface area contributed by atoms with Gasteiger partial charge in [-0.2, -0.15) is 26.3 Å². The van der Waals surface area contributed by atoms with Gasteiger partial charge in [0.05, 0.1) is 28.3 Å². The molecule has 0 saturated carbocycles. The number of nitrogens with zero attached hydrogens (tertiary/aromatic N) is 1. The van der Waals surface area contributed by atoms with Crippen LogP contribution in [0, 0.1) is 0 Å². The molecule has 2 aromatic heterocycles. The number of hydrazine groups is 1. The minimum absolute atomic E-state index is 0.0185. The summed E-state index contributed by atoms with van der Waals surface area (Å²) in [4.78, 5) is 30.1. The van der Waals surface area contributed by atoms with Gasteiger partial charge >= 0.3 is 12.4 Å². The monoisotopic (exact) mass is 643 g/mol. The first-order valence-corrected chi connectivity index (χ1v) is 14.1. The molecule has 2 heterocycles. The smallest absolute Gasteiger partial charge is 0.369 e. The molecule has 41 heavy (non-hydrogen) atoms. The Morgan fingerprint density at radius 1 is 1.00 bits per heavy atom. The van der Waals surface area contributed by atoms with Crippen LogP contribution < -0.4 is 20.9 Å². The van der Waals surface area contributed by atoms with Gasteiger partial charge in [0.25, 0.3) is 15.9 Å². The number of hydrogen-bond donors (Lipinski definition) is 4. The van der Waals surface area contributed by atoms with Crippen molar-refractivity contribution in [3.63, 3.8) is 0 Å². The first-order chi connectivity index (χ1) is 19.1. The van der Waals surface area contributed by atoms with Crippen LogP contribution in [0.5, 0.6) is 0 Å². The number of thiophene rings is 1. The highest BCUT2D eigenvalue weighted by Crippen LogP contribution is 2.33. The molecule has 3 aromatic rings. The second-order valence-electron chi connectivity index (χ2n) is 8.18. The molecule has 2 amide bonds. The van der Waals surface area contributed by atoms with E-state index in [9.17, 15) is 44.3 Å². The third-order valence-corrected chi connectivity index (χ3v) is 8.28. The molecule has 3 rings (SSSR count). The Morgan fingerprint density at radius 3 is 2.37 bits per heavy atom. The van der Waals surface area contributed by atoms with Crippen molar-refractivity contribution in [2.75, 3.05) is 11.9 Å². The predicted molar refractivity (Wildman–Crippen MR) is 137 cm³/mol. The normalized spacial score (nSPS) is 12.2. The van der Waals surface area contributed by atoms with Crippen molar-refractivity contribution in [3.8, 4) is 0 Å². The Bertz CT molecular complexity index is 1510. The maximum atomic E-state index is 13.1. The summed E-state index contributed by atoms with van der Waals surface area (Å²) in [5.74, 6) is -1.73. The molecular formula is C23H20ClF6N5O4S2. The number of hydrogen-bond acceptors (Lipinski definition) is 7. The molecule has 0 bridgehead atoms. The van der Waals surface area contributed by atoms with E-state index in [1.54, 1.807) is 0 Å². The van der Waals surface area contributed by atoms with Crippen molar-refractivity contribution in [1.29, 1.82) is 0 Å². The lowest BCUT2D eigenvalue weighted by atomic mass is 10.1. The average Bonchev–Trinajstić information content (AvgIpc) is 3.38.